The number of benzene rings is 1. The van der Waals surface area contributed by atoms with Gasteiger partial charge >= 0.3 is 5.97 Å². The number of carbonyl (C=O) groups excluding carboxylic acids is 1. The number of ether oxygens (including phenoxy) is 4. The van der Waals surface area contributed by atoms with Gasteiger partial charge in [0.25, 0.3) is 0 Å². The molecule has 5 nitrogen and oxygen atoms in total. The largest absolute Gasteiger partial charge is 0.457 e. The molecule has 0 aromatic heterocycles. The van der Waals surface area contributed by atoms with E-state index in [4.69, 9.17) is 18.9 Å². The third kappa shape index (κ3) is 3.00. The van der Waals surface area contributed by atoms with Gasteiger partial charge < -0.3 is 18.9 Å². The van der Waals surface area contributed by atoms with E-state index >= 15 is 0 Å². The zero-order valence-electron chi connectivity index (χ0n) is 11.4. The Balaban J connectivity index is 1.59. The van der Waals surface area contributed by atoms with Crippen LogP contribution in [0.5, 0.6) is 0 Å². The van der Waals surface area contributed by atoms with Crippen LogP contribution in [0.1, 0.15) is 18.9 Å². The summed E-state index contributed by atoms with van der Waals surface area (Å²) in [7, 11) is 0. The zero-order valence-corrected chi connectivity index (χ0v) is 11.4. The lowest BCUT2D eigenvalue weighted by atomic mass is 10.0. The highest BCUT2D eigenvalue weighted by Gasteiger charge is 2.46. The monoisotopic (exact) mass is 278 g/mol. The number of fused-ring (bicyclic) bond motifs is 2. The summed E-state index contributed by atoms with van der Waals surface area (Å²) in [5, 5.41) is 0. The first-order valence-corrected chi connectivity index (χ1v) is 6.82. The van der Waals surface area contributed by atoms with E-state index in [-0.39, 0.29) is 24.3 Å². The molecule has 3 rings (SSSR count). The normalized spacial score (nSPS) is 32.0. The van der Waals surface area contributed by atoms with Crippen molar-refractivity contribution >= 4 is 5.97 Å². The van der Waals surface area contributed by atoms with Gasteiger partial charge in [-0.15, -0.1) is 0 Å². The van der Waals surface area contributed by atoms with Gasteiger partial charge in [0.05, 0.1) is 19.3 Å². The minimum absolute atomic E-state index is 0.0736. The van der Waals surface area contributed by atoms with Crippen molar-refractivity contribution in [2.24, 2.45) is 0 Å². The smallest absolute Gasteiger partial charge is 0.303 e. The van der Waals surface area contributed by atoms with E-state index in [1.807, 2.05) is 30.3 Å². The zero-order chi connectivity index (χ0) is 13.9. The molecule has 2 aliphatic rings. The summed E-state index contributed by atoms with van der Waals surface area (Å²) in [4.78, 5) is 11.1. The van der Waals surface area contributed by atoms with Crippen LogP contribution in [0.15, 0.2) is 30.3 Å². The van der Waals surface area contributed by atoms with Crippen LogP contribution in [0, 0.1) is 0 Å². The molecule has 0 spiro atoms. The van der Waals surface area contributed by atoms with Gasteiger partial charge in [-0.05, 0) is 5.56 Å². The van der Waals surface area contributed by atoms with E-state index in [2.05, 4.69) is 0 Å². The van der Waals surface area contributed by atoms with Crippen molar-refractivity contribution in [1.82, 2.24) is 0 Å². The molecule has 2 aliphatic heterocycles. The summed E-state index contributed by atoms with van der Waals surface area (Å²) in [5.41, 5.74) is 1.11. The van der Waals surface area contributed by atoms with Gasteiger partial charge in [-0.25, -0.2) is 0 Å². The lowest BCUT2D eigenvalue weighted by Crippen LogP contribution is -2.44. The molecule has 4 atom stereocenters. The van der Waals surface area contributed by atoms with Crippen molar-refractivity contribution in [2.45, 2.75) is 44.6 Å². The van der Waals surface area contributed by atoms with Crippen molar-refractivity contribution in [2.75, 3.05) is 6.61 Å². The molecule has 0 radical (unpaired) electrons. The number of carbonyl (C=O) groups is 1. The van der Waals surface area contributed by atoms with Gasteiger partial charge in [-0.2, -0.15) is 0 Å². The summed E-state index contributed by atoms with van der Waals surface area (Å²) < 4.78 is 22.3. The highest BCUT2D eigenvalue weighted by molar-refractivity contribution is 5.66. The van der Waals surface area contributed by atoms with Crippen LogP contribution >= 0.6 is 0 Å². The third-order valence-corrected chi connectivity index (χ3v) is 3.54. The van der Waals surface area contributed by atoms with E-state index in [0.29, 0.717) is 19.6 Å². The van der Waals surface area contributed by atoms with Gasteiger partial charge in [0.15, 0.2) is 12.4 Å². The molecule has 0 aliphatic carbocycles. The lowest BCUT2D eigenvalue weighted by molar-refractivity contribution is -0.209. The summed E-state index contributed by atoms with van der Waals surface area (Å²) in [6.45, 7) is 2.39. The molecule has 2 fully saturated rings. The van der Waals surface area contributed by atoms with Gasteiger partial charge in [-0.1, -0.05) is 30.3 Å². The number of rotatable bonds is 4. The van der Waals surface area contributed by atoms with Crippen molar-refractivity contribution in [3.05, 3.63) is 35.9 Å². The summed E-state index contributed by atoms with van der Waals surface area (Å²) in [6, 6.07) is 9.96. The molecule has 1 aromatic rings. The van der Waals surface area contributed by atoms with Crippen LogP contribution in [-0.2, 0) is 30.3 Å². The molecule has 2 bridgehead atoms. The topological polar surface area (TPSA) is 54.0 Å². The molecular weight excluding hydrogens is 260 g/mol. The molecule has 0 N–H and O–H groups in total. The Morgan fingerprint density at radius 2 is 2.10 bits per heavy atom. The molecule has 5 heteroatoms. The van der Waals surface area contributed by atoms with Crippen LogP contribution in [0.4, 0.5) is 0 Å². The number of esters is 1. The minimum Gasteiger partial charge on any atom is -0.457 e. The summed E-state index contributed by atoms with van der Waals surface area (Å²) in [5.74, 6) is -0.325. The molecule has 0 saturated carbocycles. The highest BCUT2D eigenvalue weighted by Crippen LogP contribution is 2.31. The van der Waals surface area contributed by atoms with E-state index in [1.54, 1.807) is 0 Å². The molecule has 2 saturated heterocycles. The fourth-order valence-corrected chi connectivity index (χ4v) is 2.59. The molecule has 0 unspecified atom stereocenters. The number of hydrogen-bond donors (Lipinski definition) is 0. The lowest BCUT2D eigenvalue weighted by Gasteiger charge is -2.32. The Labute approximate surface area is 117 Å². The Morgan fingerprint density at radius 3 is 2.85 bits per heavy atom. The minimum atomic E-state index is -0.444. The van der Waals surface area contributed by atoms with Crippen molar-refractivity contribution in [3.63, 3.8) is 0 Å². The average Bonchev–Trinajstić information content (AvgIpc) is 2.87. The first-order valence-electron chi connectivity index (χ1n) is 6.82. The SMILES string of the molecule is CC(=O)O[C@H]1C[C@H](OCc2ccccc2)[C@H]2CO[C@@H]1O2. The van der Waals surface area contributed by atoms with E-state index in [9.17, 15) is 4.79 Å². The van der Waals surface area contributed by atoms with Crippen LogP contribution in [0.3, 0.4) is 0 Å². The predicted molar refractivity (Wildman–Crippen MR) is 69.8 cm³/mol. The van der Waals surface area contributed by atoms with Crippen LogP contribution < -0.4 is 0 Å². The maximum atomic E-state index is 11.1. The van der Waals surface area contributed by atoms with E-state index < -0.39 is 6.29 Å². The van der Waals surface area contributed by atoms with Gasteiger partial charge in [0, 0.05) is 13.3 Å². The fourth-order valence-electron chi connectivity index (χ4n) is 2.59. The van der Waals surface area contributed by atoms with Crippen molar-refractivity contribution < 1.29 is 23.7 Å². The molecule has 1 aromatic carbocycles. The van der Waals surface area contributed by atoms with Crippen LogP contribution in [0.25, 0.3) is 0 Å². The fraction of sp³-hybridized carbons (Fsp3) is 0.533. The van der Waals surface area contributed by atoms with Crippen molar-refractivity contribution in [3.8, 4) is 0 Å². The molecular formula is C15H18O5. The van der Waals surface area contributed by atoms with E-state index in [0.717, 1.165) is 5.56 Å². The average molecular weight is 278 g/mol. The summed E-state index contributed by atoms with van der Waals surface area (Å²) >= 11 is 0. The Hall–Kier alpha value is -1.43. The highest BCUT2D eigenvalue weighted by atomic mass is 16.8. The molecule has 2 heterocycles. The van der Waals surface area contributed by atoms with E-state index in [1.165, 1.54) is 6.92 Å². The maximum absolute atomic E-state index is 11.1. The quantitative estimate of drug-likeness (QED) is 0.784. The predicted octanol–water partition coefficient (Wildman–Crippen LogP) is 1.65. The van der Waals surface area contributed by atoms with Gasteiger partial charge in [0.2, 0.25) is 0 Å². The van der Waals surface area contributed by atoms with Crippen LogP contribution in [-0.4, -0.2) is 37.2 Å². The Kier molecular flexibility index (Phi) is 4.00. The van der Waals surface area contributed by atoms with Gasteiger partial charge in [-0.3, -0.25) is 4.79 Å². The molecule has 20 heavy (non-hydrogen) atoms. The standard InChI is InChI=1S/C15H18O5/c1-10(16)19-13-7-12(14-9-18-15(13)20-14)17-8-11-5-3-2-4-6-11/h2-6,12-15H,7-9H2,1H3/t12-,13-,14+,15+/m0/s1. The Bertz CT molecular complexity index is 461. The first-order chi connectivity index (χ1) is 9.72. The second-order valence-corrected chi connectivity index (χ2v) is 5.09. The second-order valence-electron chi connectivity index (χ2n) is 5.09. The van der Waals surface area contributed by atoms with Crippen molar-refractivity contribution in [1.29, 1.82) is 0 Å². The first kappa shape index (κ1) is 13.5. The third-order valence-electron chi connectivity index (χ3n) is 3.54. The Morgan fingerprint density at radius 1 is 1.30 bits per heavy atom. The summed E-state index contributed by atoms with van der Waals surface area (Å²) in [6.07, 6.45) is -0.400. The second kappa shape index (κ2) is 5.91. The van der Waals surface area contributed by atoms with Crippen LogP contribution in [0.2, 0.25) is 0 Å². The molecule has 0 amide bonds. The number of hydrogen-bond acceptors (Lipinski definition) is 5. The molecule has 108 valence electrons. The van der Waals surface area contributed by atoms with Gasteiger partial charge in [0.1, 0.15) is 6.10 Å². The maximum Gasteiger partial charge on any atom is 0.303 e.